The molecule has 5 heteroatoms. The van der Waals surface area contributed by atoms with Crippen LogP contribution in [0.2, 0.25) is 0 Å². The fraction of sp³-hybridized carbons (Fsp3) is 0.0526. The third-order valence-electron chi connectivity index (χ3n) is 2.94. The van der Waals surface area contributed by atoms with Crippen LogP contribution in [0.1, 0.15) is 0 Å². The Kier molecular flexibility index (Phi) is 9.12. The van der Waals surface area contributed by atoms with Gasteiger partial charge in [-0.2, -0.15) is 26.7 Å². The van der Waals surface area contributed by atoms with Crippen LogP contribution in [0.3, 0.4) is 0 Å². The van der Waals surface area contributed by atoms with Crippen LogP contribution in [-0.2, 0) is 10.9 Å². The lowest BCUT2D eigenvalue weighted by Gasteiger charge is -2.07. The molecule has 0 saturated carbocycles. The van der Waals surface area contributed by atoms with Gasteiger partial charge in [0, 0.05) is 0 Å². The summed E-state index contributed by atoms with van der Waals surface area (Å²) in [6.07, 6.45) is 0. The zero-order valence-corrected chi connectivity index (χ0v) is 14.6. The highest BCUT2D eigenvalue weighted by Crippen LogP contribution is 2.30. The largest absolute Gasteiger partial charge is 0.379 e. The van der Waals surface area contributed by atoms with E-state index in [9.17, 15) is 13.2 Å². The van der Waals surface area contributed by atoms with Crippen molar-refractivity contribution >= 4 is 24.4 Å². The Bertz CT molecular complexity index is 580. The molecule has 0 nitrogen and oxygen atoms in total. The molecule has 3 rings (SSSR count). The number of hydrogen-bond acceptors (Lipinski definition) is 0. The monoisotopic (exact) mass is 367 g/mol. The molecular weight excluding hydrogens is 349 g/mol. The van der Waals surface area contributed by atoms with E-state index in [4.69, 9.17) is 0 Å². The van der Waals surface area contributed by atoms with Crippen molar-refractivity contribution in [2.45, 2.75) is 21.4 Å². The summed E-state index contributed by atoms with van der Waals surface area (Å²) in [7, 11) is -0.0146. The highest BCUT2D eigenvalue weighted by atomic mass is 32.2. The molecule has 0 saturated heterocycles. The van der Waals surface area contributed by atoms with Crippen LogP contribution in [0.15, 0.2) is 106 Å². The van der Waals surface area contributed by atoms with Gasteiger partial charge >= 0.3 is 6.68 Å². The summed E-state index contributed by atoms with van der Waals surface area (Å²) >= 11 is 0. The smallest absolute Gasteiger partial charge is 0.197 e. The first-order valence-corrected chi connectivity index (χ1v) is 8.22. The minimum atomic E-state index is -3.67. The van der Waals surface area contributed by atoms with Crippen molar-refractivity contribution in [2.24, 2.45) is 0 Å². The second kappa shape index (κ2) is 10.8. The van der Waals surface area contributed by atoms with Crippen molar-refractivity contribution in [3.05, 3.63) is 91.0 Å². The standard InChI is InChI=1S/C18H15S.CHF3.H2S/c1-4-10-16(11-5-1)19(17-12-6-2-7-13-17)18-14-8-3-9-15-18;2-1(3)4;/h1-15H;1H;1H2/q+1;;. The Morgan fingerprint density at radius 1 is 0.500 bits per heavy atom. The summed E-state index contributed by atoms with van der Waals surface area (Å²) in [5.41, 5.74) is 0. The van der Waals surface area contributed by atoms with E-state index in [-0.39, 0.29) is 24.4 Å². The maximum atomic E-state index is 9.67. The minimum absolute atomic E-state index is 0. The molecule has 24 heavy (non-hydrogen) atoms. The summed E-state index contributed by atoms with van der Waals surface area (Å²) < 4.78 is 29.0. The second-order valence-electron chi connectivity index (χ2n) is 4.49. The Morgan fingerprint density at radius 3 is 0.917 bits per heavy atom. The zero-order valence-electron chi connectivity index (χ0n) is 12.8. The maximum absolute atomic E-state index is 9.67. The molecule has 0 N–H and O–H groups in total. The molecule has 0 fully saturated rings. The van der Waals surface area contributed by atoms with E-state index in [1.54, 1.807) is 0 Å². The van der Waals surface area contributed by atoms with Crippen LogP contribution in [0, 0.1) is 0 Å². The highest BCUT2D eigenvalue weighted by molar-refractivity contribution is 7.97. The third kappa shape index (κ3) is 6.34. The van der Waals surface area contributed by atoms with Gasteiger partial charge in [0.15, 0.2) is 14.7 Å². The van der Waals surface area contributed by atoms with E-state index in [0.717, 1.165) is 0 Å². The summed E-state index contributed by atoms with van der Waals surface area (Å²) in [6.45, 7) is -3.67. The molecule has 0 aliphatic rings. The topological polar surface area (TPSA) is 0 Å². The van der Waals surface area contributed by atoms with E-state index in [1.807, 2.05) is 0 Å². The first-order valence-electron chi connectivity index (χ1n) is 7.00. The van der Waals surface area contributed by atoms with Gasteiger partial charge in [-0.25, -0.2) is 0 Å². The molecule has 0 aliphatic heterocycles. The molecule has 0 amide bonds. The van der Waals surface area contributed by atoms with Crippen molar-refractivity contribution in [3.8, 4) is 0 Å². The molecule has 0 atom stereocenters. The van der Waals surface area contributed by atoms with Gasteiger partial charge in [-0.15, -0.1) is 0 Å². The van der Waals surface area contributed by atoms with Gasteiger partial charge in [-0.3, -0.25) is 0 Å². The van der Waals surface area contributed by atoms with Crippen LogP contribution >= 0.6 is 13.5 Å². The molecule has 0 heterocycles. The fourth-order valence-corrected chi connectivity index (χ4v) is 4.18. The van der Waals surface area contributed by atoms with Crippen molar-refractivity contribution < 1.29 is 13.2 Å². The van der Waals surface area contributed by atoms with E-state index in [2.05, 4.69) is 91.0 Å². The lowest BCUT2D eigenvalue weighted by molar-refractivity contribution is 0.00819. The van der Waals surface area contributed by atoms with E-state index in [0.29, 0.717) is 0 Å². The molecular formula is C19H18F3S2+. The van der Waals surface area contributed by atoms with Gasteiger partial charge in [0.1, 0.15) is 0 Å². The van der Waals surface area contributed by atoms with E-state index >= 15 is 0 Å². The summed E-state index contributed by atoms with van der Waals surface area (Å²) in [4.78, 5) is 4.08. The van der Waals surface area contributed by atoms with Gasteiger partial charge < -0.3 is 0 Å². The first-order chi connectivity index (χ1) is 11.2. The first kappa shape index (κ1) is 20.2. The zero-order chi connectivity index (χ0) is 16.5. The van der Waals surface area contributed by atoms with Crippen LogP contribution in [0.5, 0.6) is 0 Å². The molecule has 0 bridgehead atoms. The SMILES string of the molecule is FC(F)F.S.c1ccc([S+](c2ccccc2)c2ccccc2)cc1. The average molecular weight is 367 g/mol. The molecule has 3 aromatic rings. The predicted molar refractivity (Wildman–Crippen MR) is 99.0 cm³/mol. The van der Waals surface area contributed by atoms with Gasteiger partial charge in [0.25, 0.3) is 0 Å². The molecule has 126 valence electrons. The molecule has 3 aromatic carbocycles. The molecule has 0 radical (unpaired) electrons. The molecule has 0 unspecified atom stereocenters. The Hall–Kier alpha value is -1.85. The maximum Gasteiger partial charge on any atom is 0.379 e. The minimum Gasteiger partial charge on any atom is -0.197 e. The third-order valence-corrected chi connectivity index (χ3v) is 5.17. The van der Waals surface area contributed by atoms with Crippen molar-refractivity contribution in [2.75, 3.05) is 0 Å². The van der Waals surface area contributed by atoms with Crippen LogP contribution in [0.4, 0.5) is 13.2 Å². The van der Waals surface area contributed by atoms with Crippen molar-refractivity contribution in [3.63, 3.8) is 0 Å². The number of hydrogen-bond donors (Lipinski definition) is 0. The van der Waals surface area contributed by atoms with Crippen molar-refractivity contribution in [1.82, 2.24) is 0 Å². The molecule has 0 aromatic heterocycles. The lowest BCUT2D eigenvalue weighted by atomic mass is 10.4. The summed E-state index contributed by atoms with van der Waals surface area (Å²) in [5, 5.41) is 0. The number of alkyl halides is 3. The Labute approximate surface area is 150 Å². The lowest BCUT2D eigenvalue weighted by Crippen LogP contribution is -2.04. The van der Waals surface area contributed by atoms with E-state index in [1.165, 1.54) is 14.7 Å². The summed E-state index contributed by atoms with van der Waals surface area (Å²) in [5.74, 6) is 0. The second-order valence-corrected chi connectivity index (χ2v) is 6.52. The summed E-state index contributed by atoms with van der Waals surface area (Å²) in [6, 6.07) is 32.2. The van der Waals surface area contributed by atoms with Gasteiger partial charge in [0.05, 0.1) is 10.9 Å². The molecule has 0 aliphatic carbocycles. The number of halogens is 3. The van der Waals surface area contributed by atoms with Crippen LogP contribution in [-0.4, -0.2) is 6.68 Å². The van der Waals surface area contributed by atoms with Gasteiger partial charge in [-0.1, -0.05) is 54.6 Å². The van der Waals surface area contributed by atoms with E-state index < -0.39 is 6.68 Å². The van der Waals surface area contributed by atoms with Gasteiger partial charge in [-0.05, 0) is 36.4 Å². The van der Waals surface area contributed by atoms with Crippen LogP contribution < -0.4 is 0 Å². The predicted octanol–water partition coefficient (Wildman–Crippen LogP) is 6.07. The Balaban J connectivity index is 0.000000522. The quantitative estimate of drug-likeness (QED) is 0.493. The number of benzene rings is 3. The average Bonchev–Trinajstić information content (AvgIpc) is 2.58. The van der Waals surface area contributed by atoms with Gasteiger partial charge in [0.2, 0.25) is 0 Å². The number of rotatable bonds is 3. The normalized spacial score (nSPS) is 9.88. The van der Waals surface area contributed by atoms with Crippen molar-refractivity contribution in [1.29, 1.82) is 0 Å². The highest BCUT2D eigenvalue weighted by Gasteiger charge is 2.27. The Morgan fingerprint density at radius 2 is 0.708 bits per heavy atom. The fourth-order valence-electron chi connectivity index (χ4n) is 2.08. The van der Waals surface area contributed by atoms with Crippen LogP contribution in [0.25, 0.3) is 0 Å². The molecule has 0 spiro atoms.